The average Bonchev–Trinajstić information content (AvgIpc) is 3.10. The van der Waals surface area contributed by atoms with Gasteiger partial charge in [-0.2, -0.15) is 0 Å². The molecule has 0 saturated carbocycles. The van der Waals surface area contributed by atoms with Crippen LogP contribution < -0.4 is 4.74 Å². The van der Waals surface area contributed by atoms with Gasteiger partial charge >= 0.3 is 0 Å². The van der Waals surface area contributed by atoms with Crippen molar-refractivity contribution in [3.8, 4) is 5.75 Å². The standard InChI is InChI=1S/C18H16Cl2N2O/c1-23-16-8-4-14(5-9-16)18(22-11-10-21-12-22)17(20)13-2-6-15(19)7-3-13/h2-12,17-18H,1H3. The Bertz CT molecular complexity index is 740. The van der Waals surface area contributed by atoms with E-state index in [1.807, 2.05) is 59.3 Å². The van der Waals surface area contributed by atoms with Gasteiger partial charge in [-0.1, -0.05) is 35.9 Å². The molecule has 3 nitrogen and oxygen atoms in total. The SMILES string of the molecule is COc1ccc(C(C(Cl)c2ccc(Cl)cc2)n2ccnc2)cc1. The van der Waals surface area contributed by atoms with Gasteiger partial charge in [0.15, 0.2) is 0 Å². The van der Waals surface area contributed by atoms with Gasteiger partial charge in [0.25, 0.3) is 0 Å². The molecule has 0 aliphatic carbocycles. The monoisotopic (exact) mass is 346 g/mol. The van der Waals surface area contributed by atoms with Crippen LogP contribution in [0.2, 0.25) is 5.02 Å². The molecular formula is C18H16Cl2N2O. The van der Waals surface area contributed by atoms with Gasteiger partial charge in [0.1, 0.15) is 5.75 Å². The summed E-state index contributed by atoms with van der Waals surface area (Å²) in [4.78, 5) is 4.15. The number of nitrogens with zero attached hydrogens (tertiary/aromatic N) is 2. The number of ether oxygens (including phenoxy) is 1. The Morgan fingerprint density at radius 2 is 1.65 bits per heavy atom. The Hall–Kier alpha value is -1.97. The molecule has 118 valence electrons. The van der Waals surface area contributed by atoms with E-state index in [2.05, 4.69) is 4.98 Å². The number of benzene rings is 2. The summed E-state index contributed by atoms with van der Waals surface area (Å²) in [7, 11) is 1.65. The topological polar surface area (TPSA) is 27.1 Å². The summed E-state index contributed by atoms with van der Waals surface area (Å²) >= 11 is 12.8. The van der Waals surface area contributed by atoms with E-state index in [1.165, 1.54) is 0 Å². The van der Waals surface area contributed by atoms with Crippen LogP contribution in [0, 0.1) is 0 Å². The molecule has 0 fully saturated rings. The van der Waals surface area contributed by atoms with E-state index >= 15 is 0 Å². The van der Waals surface area contributed by atoms with Crippen LogP contribution in [0.4, 0.5) is 0 Å². The molecule has 0 radical (unpaired) electrons. The fourth-order valence-corrected chi connectivity index (χ4v) is 3.10. The predicted molar refractivity (Wildman–Crippen MR) is 93.4 cm³/mol. The first kappa shape index (κ1) is 15.9. The van der Waals surface area contributed by atoms with Gasteiger partial charge in [-0.25, -0.2) is 4.98 Å². The van der Waals surface area contributed by atoms with Crippen molar-refractivity contribution in [2.24, 2.45) is 0 Å². The van der Waals surface area contributed by atoms with Gasteiger partial charge in [-0.3, -0.25) is 0 Å². The summed E-state index contributed by atoms with van der Waals surface area (Å²) in [5, 5.41) is 0.441. The minimum absolute atomic E-state index is 0.0775. The summed E-state index contributed by atoms with van der Waals surface area (Å²) in [6.07, 6.45) is 5.45. The van der Waals surface area contributed by atoms with E-state index < -0.39 is 0 Å². The highest BCUT2D eigenvalue weighted by molar-refractivity contribution is 6.30. The van der Waals surface area contributed by atoms with E-state index in [0.717, 1.165) is 16.9 Å². The summed E-state index contributed by atoms with van der Waals surface area (Å²) in [5.41, 5.74) is 2.09. The Morgan fingerprint density at radius 3 is 2.22 bits per heavy atom. The van der Waals surface area contributed by atoms with Crippen LogP contribution in [0.15, 0.2) is 67.3 Å². The highest BCUT2D eigenvalue weighted by Crippen LogP contribution is 2.38. The fraction of sp³-hybridized carbons (Fsp3) is 0.167. The van der Waals surface area contributed by atoms with Crippen molar-refractivity contribution in [1.82, 2.24) is 9.55 Å². The molecule has 0 saturated heterocycles. The number of rotatable bonds is 5. The fourth-order valence-electron chi connectivity index (χ4n) is 2.56. The van der Waals surface area contributed by atoms with Crippen molar-refractivity contribution in [2.75, 3.05) is 7.11 Å². The number of hydrogen-bond donors (Lipinski definition) is 0. The number of methoxy groups -OCH3 is 1. The normalized spacial score (nSPS) is 13.5. The highest BCUT2D eigenvalue weighted by Gasteiger charge is 2.24. The molecule has 2 aromatic carbocycles. The lowest BCUT2D eigenvalue weighted by molar-refractivity contribution is 0.414. The van der Waals surface area contributed by atoms with E-state index in [1.54, 1.807) is 19.6 Å². The van der Waals surface area contributed by atoms with Crippen LogP contribution >= 0.6 is 23.2 Å². The minimum Gasteiger partial charge on any atom is -0.497 e. The summed E-state index contributed by atoms with van der Waals surface area (Å²) in [6, 6.07) is 15.4. The molecular weight excluding hydrogens is 331 g/mol. The molecule has 23 heavy (non-hydrogen) atoms. The van der Waals surface area contributed by atoms with E-state index in [-0.39, 0.29) is 11.4 Å². The minimum atomic E-state index is -0.255. The summed E-state index contributed by atoms with van der Waals surface area (Å²) in [5.74, 6) is 0.816. The van der Waals surface area contributed by atoms with E-state index in [0.29, 0.717) is 5.02 Å². The highest BCUT2D eigenvalue weighted by atomic mass is 35.5. The van der Waals surface area contributed by atoms with Gasteiger partial charge in [-0.15, -0.1) is 11.6 Å². The Balaban J connectivity index is 1.99. The van der Waals surface area contributed by atoms with Crippen molar-refractivity contribution >= 4 is 23.2 Å². The maximum absolute atomic E-state index is 6.80. The molecule has 0 aliphatic rings. The molecule has 0 spiro atoms. The van der Waals surface area contributed by atoms with Crippen LogP contribution in [0.1, 0.15) is 22.5 Å². The Labute approximate surface area is 145 Å². The second-order valence-electron chi connectivity index (χ2n) is 5.18. The van der Waals surface area contributed by atoms with Gasteiger partial charge in [-0.05, 0) is 35.4 Å². The quantitative estimate of drug-likeness (QED) is 0.600. The zero-order valence-corrected chi connectivity index (χ0v) is 14.1. The van der Waals surface area contributed by atoms with Crippen molar-refractivity contribution in [3.05, 3.63) is 83.4 Å². The average molecular weight is 347 g/mol. The van der Waals surface area contributed by atoms with E-state index in [9.17, 15) is 0 Å². The molecule has 0 amide bonds. The first-order valence-electron chi connectivity index (χ1n) is 7.20. The lowest BCUT2D eigenvalue weighted by atomic mass is 9.98. The maximum Gasteiger partial charge on any atom is 0.118 e. The Kier molecular flexibility index (Phi) is 4.89. The van der Waals surface area contributed by atoms with Gasteiger partial charge in [0.2, 0.25) is 0 Å². The third kappa shape index (κ3) is 3.52. The molecule has 2 atom stereocenters. The first-order valence-corrected chi connectivity index (χ1v) is 8.01. The van der Waals surface area contributed by atoms with Crippen LogP contribution in [-0.4, -0.2) is 16.7 Å². The number of imidazole rings is 1. The molecule has 0 aliphatic heterocycles. The molecule has 3 rings (SSSR count). The number of hydrogen-bond acceptors (Lipinski definition) is 2. The van der Waals surface area contributed by atoms with Crippen molar-refractivity contribution in [2.45, 2.75) is 11.4 Å². The largest absolute Gasteiger partial charge is 0.497 e. The zero-order valence-electron chi connectivity index (χ0n) is 12.6. The first-order chi connectivity index (χ1) is 11.2. The van der Waals surface area contributed by atoms with Crippen LogP contribution in [0.3, 0.4) is 0 Å². The van der Waals surface area contributed by atoms with Crippen molar-refractivity contribution in [1.29, 1.82) is 0 Å². The second kappa shape index (κ2) is 7.07. The third-order valence-electron chi connectivity index (χ3n) is 3.77. The Morgan fingerprint density at radius 1 is 1.00 bits per heavy atom. The van der Waals surface area contributed by atoms with E-state index in [4.69, 9.17) is 27.9 Å². The number of alkyl halides is 1. The van der Waals surface area contributed by atoms with Gasteiger partial charge in [0, 0.05) is 17.4 Å². The smallest absolute Gasteiger partial charge is 0.118 e. The molecule has 0 N–H and O–H groups in total. The van der Waals surface area contributed by atoms with Gasteiger partial charge < -0.3 is 9.30 Å². The van der Waals surface area contributed by atoms with Crippen LogP contribution in [-0.2, 0) is 0 Å². The lowest BCUT2D eigenvalue weighted by Gasteiger charge is -2.25. The predicted octanol–water partition coefficient (Wildman–Crippen LogP) is 5.11. The molecule has 0 bridgehead atoms. The number of aromatic nitrogens is 2. The molecule has 1 heterocycles. The molecule has 2 unspecified atom stereocenters. The molecule has 1 aromatic heterocycles. The van der Waals surface area contributed by atoms with Crippen LogP contribution in [0.5, 0.6) is 5.75 Å². The molecule has 5 heteroatoms. The summed E-state index contributed by atoms with van der Waals surface area (Å²) < 4.78 is 7.24. The van der Waals surface area contributed by atoms with Crippen molar-refractivity contribution in [3.63, 3.8) is 0 Å². The zero-order chi connectivity index (χ0) is 16.2. The van der Waals surface area contributed by atoms with Crippen molar-refractivity contribution < 1.29 is 4.74 Å². The molecule has 3 aromatic rings. The third-order valence-corrected chi connectivity index (χ3v) is 4.51. The van der Waals surface area contributed by atoms with Gasteiger partial charge in [0.05, 0.1) is 24.9 Å². The summed E-state index contributed by atoms with van der Waals surface area (Å²) in [6.45, 7) is 0. The van der Waals surface area contributed by atoms with Crippen LogP contribution in [0.25, 0.3) is 0 Å². The lowest BCUT2D eigenvalue weighted by Crippen LogP contribution is -2.14. The maximum atomic E-state index is 6.80. The second-order valence-corrected chi connectivity index (χ2v) is 6.09. The number of halogens is 2.